The smallest absolute Gasteiger partial charge is 0.0807 e. The summed E-state index contributed by atoms with van der Waals surface area (Å²) in [6.45, 7) is 2.54. The van der Waals surface area contributed by atoms with E-state index in [1.165, 1.54) is 19.5 Å². The minimum Gasteiger partial charge on any atom is -1.00 e. The molecule has 0 saturated heterocycles. The van der Waals surface area contributed by atoms with Gasteiger partial charge in [-0.3, -0.25) is 0 Å². The van der Waals surface area contributed by atoms with E-state index in [2.05, 4.69) is 24.7 Å². The van der Waals surface area contributed by atoms with Crippen molar-refractivity contribution in [2.75, 3.05) is 27.2 Å². The molecule has 0 atom stereocenters. The highest BCUT2D eigenvalue weighted by atomic mass is 35.5. The second-order valence-electron chi connectivity index (χ2n) is 1.75. The molecular formula is C5H16Cl2N2. The van der Waals surface area contributed by atoms with E-state index in [4.69, 9.17) is 0 Å². The van der Waals surface area contributed by atoms with Gasteiger partial charge in [-0.1, -0.05) is 0 Å². The number of hydrogen-bond acceptors (Lipinski definition) is 0. The maximum absolute atomic E-state index is 2.21. The van der Waals surface area contributed by atoms with E-state index in [9.17, 15) is 0 Å². The van der Waals surface area contributed by atoms with Crippen molar-refractivity contribution in [3.05, 3.63) is 0 Å². The van der Waals surface area contributed by atoms with E-state index >= 15 is 0 Å². The number of quaternary nitrogens is 2. The van der Waals surface area contributed by atoms with Gasteiger partial charge in [-0.15, -0.1) is 0 Å². The third-order valence-corrected chi connectivity index (χ3v) is 0.986. The van der Waals surface area contributed by atoms with Gasteiger partial charge in [-0.25, -0.2) is 0 Å². The molecule has 0 heterocycles. The fourth-order valence-electron chi connectivity index (χ4n) is 0.526. The van der Waals surface area contributed by atoms with Crippen molar-refractivity contribution in [1.29, 1.82) is 0 Å². The Morgan fingerprint density at radius 2 is 1.22 bits per heavy atom. The Morgan fingerprint density at radius 3 is 1.44 bits per heavy atom. The Labute approximate surface area is 69.6 Å². The van der Waals surface area contributed by atoms with Gasteiger partial charge in [0, 0.05) is 6.42 Å². The normalized spacial score (nSPS) is 7.33. The third-order valence-electron chi connectivity index (χ3n) is 0.986. The summed E-state index contributed by atoms with van der Waals surface area (Å²) < 4.78 is 0. The first kappa shape index (κ1) is 16.2. The molecule has 0 aromatic heterocycles. The molecule has 0 amide bonds. The van der Waals surface area contributed by atoms with Crippen LogP contribution < -0.4 is 35.4 Å². The molecule has 60 valence electrons. The SMILES string of the molecule is C[NH2+]CCC[NH2+]C.[Cl-].[Cl-]. The van der Waals surface area contributed by atoms with Gasteiger partial charge in [0.2, 0.25) is 0 Å². The van der Waals surface area contributed by atoms with Crippen LogP contribution in [0.2, 0.25) is 0 Å². The van der Waals surface area contributed by atoms with Gasteiger partial charge in [0.1, 0.15) is 0 Å². The third kappa shape index (κ3) is 17.7. The fourth-order valence-corrected chi connectivity index (χ4v) is 0.526. The molecule has 0 radical (unpaired) electrons. The number of halogens is 2. The number of nitrogens with two attached hydrogens (primary N) is 2. The Balaban J connectivity index is -0.000000180. The number of rotatable bonds is 4. The average Bonchev–Trinajstić information content (AvgIpc) is 1.69. The first-order chi connectivity index (χ1) is 3.41. The lowest BCUT2D eigenvalue weighted by atomic mass is 10.4. The van der Waals surface area contributed by atoms with Crippen molar-refractivity contribution in [2.45, 2.75) is 6.42 Å². The lowest BCUT2D eigenvalue weighted by Crippen LogP contribution is -3.00. The summed E-state index contributed by atoms with van der Waals surface area (Å²) in [7, 11) is 4.21. The molecule has 2 nitrogen and oxygen atoms in total. The van der Waals surface area contributed by atoms with E-state index in [1.807, 2.05) is 0 Å². The fraction of sp³-hybridized carbons (Fsp3) is 1.00. The zero-order valence-electron chi connectivity index (χ0n) is 6.03. The van der Waals surface area contributed by atoms with Crippen LogP contribution in [0.5, 0.6) is 0 Å². The minimum absolute atomic E-state index is 0. The summed E-state index contributed by atoms with van der Waals surface area (Å²) >= 11 is 0. The summed E-state index contributed by atoms with van der Waals surface area (Å²) in [5, 5.41) is 4.42. The van der Waals surface area contributed by atoms with Gasteiger partial charge in [-0.05, 0) is 0 Å². The van der Waals surface area contributed by atoms with Crippen LogP contribution in [-0.4, -0.2) is 27.2 Å². The van der Waals surface area contributed by atoms with Crippen LogP contribution in [-0.2, 0) is 0 Å². The van der Waals surface area contributed by atoms with Crippen LogP contribution in [0, 0.1) is 0 Å². The number of hydrogen-bond donors (Lipinski definition) is 2. The quantitative estimate of drug-likeness (QED) is 0.398. The van der Waals surface area contributed by atoms with Crippen LogP contribution in [0.1, 0.15) is 6.42 Å². The molecule has 4 heteroatoms. The molecule has 0 aromatic carbocycles. The van der Waals surface area contributed by atoms with E-state index in [1.54, 1.807) is 0 Å². The van der Waals surface area contributed by atoms with Crippen LogP contribution in [0.4, 0.5) is 0 Å². The Morgan fingerprint density at radius 1 is 0.889 bits per heavy atom. The predicted octanol–water partition coefficient (Wildman–Crippen LogP) is -8.23. The summed E-state index contributed by atoms with van der Waals surface area (Å²) in [6.07, 6.45) is 1.33. The highest BCUT2D eigenvalue weighted by Gasteiger charge is 1.83. The van der Waals surface area contributed by atoms with Crippen LogP contribution in [0.25, 0.3) is 0 Å². The maximum Gasteiger partial charge on any atom is 0.0807 e. The molecular weight excluding hydrogens is 159 g/mol. The van der Waals surface area contributed by atoms with Gasteiger partial charge in [0.25, 0.3) is 0 Å². The van der Waals surface area contributed by atoms with Crippen LogP contribution in [0.15, 0.2) is 0 Å². The standard InChI is InChI=1S/C5H14N2.2ClH/c1-6-4-3-5-7-2;;/h6-7H,3-5H2,1-2H3;2*1H. The van der Waals surface area contributed by atoms with Crippen molar-refractivity contribution >= 4 is 0 Å². The maximum atomic E-state index is 2.21. The van der Waals surface area contributed by atoms with Crippen LogP contribution in [0.3, 0.4) is 0 Å². The van der Waals surface area contributed by atoms with Crippen LogP contribution >= 0.6 is 0 Å². The highest BCUT2D eigenvalue weighted by molar-refractivity contribution is 4.21. The first-order valence-corrected chi connectivity index (χ1v) is 2.97. The Kier molecular flexibility index (Phi) is 28.5. The topological polar surface area (TPSA) is 33.2 Å². The average molecular weight is 175 g/mol. The molecule has 0 bridgehead atoms. The molecule has 0 aliphatic heterocycles. The highest BCUT2D eigenvalue weighted by Crippen LogP contribution is 1.56. The Hall–Kier alpha value is 0.500. The zero-order valence-corrected chi connectivity index (χ0v) is 7.54. The second-order valence-corrected chi connectivity index (χ2v) is 1.75. The van der Waals surface area contributed by atoms with Crippen molar-refractivity contribution in [1.82, 2.24) is 0 Å². The summed E-state index contributed by atoms with van der Waals surface area (Å²) in [5.74, 6) is 0. The lowest BCUT2D eigenvalue weighted by molar-refractivity contribution is -0.654. The van der Waals surface area contributed by atoms with E-state index in [0.29, 0.717) is 0 Å². The van der Waals surface area contributed by atoms with E-state index < -0.39 is 0 Å². The summed E-state index contributed by atoms with van der Waals surface area (Å²) in [6, 6.07) is 0. The molecule has 0 aromatic rings. The molecule has 4 N–H and O–H groups in total. The molecule has 0 spiro atoms. The molecule has 0 unspecified atom stereocenters. The van der Waals surface area contributed by atoms with E-state index in [-0.39, 0.29) is 24.8 Å². The van der Waals surface area contributed by atoms with Crippen molar-refractivity contribution < 1.29 is 35.4 Å². The van der Waals surface area contributed by atoms with E-state index in [0.717, 1.165) is 0 Å². The molecule has 0 saturated carbocycles. The van der Waals surface area contributed by atoms with Gasteiger partial charge < -0.3 is 35.4 Å². The van der Waals surface area contributed by atoms with Gasteiger partial charge in [0.05, 0.1) is 27.2 Å². The lowest BCUT2D eigenvalue weighted by Gasteiger charge is -1.90. The van der Waals surface area contributed by atoms with Gasteiger partial charge >= 0.3 is 0 Å². The molecule has 0 rings (SSSR count). The largest absolute Gasteiger partial charge is 1.00 e. The molecule has 0 aliphatic rings. The minimum atomic E-state index is 0. The van der Waals surface area contributed by atoms with Gasteiger partial charge in [-0.2, -0.15) is 0 Å². The van der Waals surface area contributed by atoms with Crippen molar-refractivity contribution in [2.24, 2.45) is 0 Å². The Bertz CT molecular complexity index is 32.1. The molecule has 0 aliphatic carbocycles. The first-order valence-electron chi connectivity index (χ1n) is 2.97. The van der Waals surface area contributed by atoms with Gasteiger partial charge in [0.15, 0.2) is 0 Å². The molecule has 9 heavy (non-hydrogen) atoms. The van der Waals surface area contributed by atoms with Crippen molar-refractivity contribution in [3.63, 3.8) is 0 Å². The molecule has 0 fully saturated rings. The summed E-state index contributed by atoms with van der Waals surface area (Å²) in [4.78, 5) is 0. The second kappa shape index (κ2) is 15.8. The predicted molar refractivity (Wildman–Crippen MR) is 30.0 cm³/mol. The van der Waals surface area contributed by atoms with Crippen molar-refractivity contribution in [3.8, 4) is 0 Å². The summed E-state index contributed by atoms with van der Waals surface area (Å²) in [5.41, 5.74) is 0. The zero-order chi connectivity index (χ0) is 5.54. The monoisotopic (exact) mass is 174 g/mol.